The summed E-state index contributed by atoms with van der Waals surface area (Å²) < 4.78 is 0. The number of hydrogen-bond donors (Lipinski definition) is 5. The van der Waals surface area contributed by atoms with Gasteiger partial charge in [-0.1, -0.05) is 32.6 Å². The van der Waals surface area contributed by atoms with Crippen molar-refractivity contribution in [1.29, 1.82) is 0 Å². The van der Waals surface area contributed by atoms with Crippen LogP contribution in [0.3, 0.4) is 0 Å². The molecule has 12 heteroatoms. The predicted molar refractivity (Wildman–Crippen MR) is 113 cm³/mol. The third-order valence-corrected chi connectivity index (χ3v) is 1.97. The van der Waals surface area contributed by atoms with Crippen LogP contribution >= 0.6 is 0 Å². The average Bonchev–Trinajstić information content (AvgIpc) is 2.43. The Morgan fingerprint density at radius 3 is 1.36 bits per heavy atom. The molecule has 0 bridgehead atoms. The standard InChI is InChI=1S/C10H22N2O.3C2H4O2.3Na/c1-2-3-4-5-6-7-10(13)12-9-8-11;3*1-2(3)4;;;/h2-9,11H2,1H3,(H,12,13);3*1H3,(H,3,4);;;. The molecule has 0 rings (SSSR count). The molecule has 9 nitrogen and oxygen atoms in total. The van der Waals surface area contributed by atoms with Crippen molar-refractivity contribution >= 4 is 112 Å². The molecule has 0 aliphatic carbocycles. The van der Waals surface area contributed by atoms with Crippen LogP contribution in [-0.4, -0.2) is 141 Å². The van der Waals surface area contributed by atoms with Gasteiger partial charge in [-0.15, -0.1) is 0 Å². The predicted octanol–water partition coefficient (Wildman–Crippen LogP) is 0.552. The van der Waals surface area contributed by atoms with Crippen molar-refractivity contribution in [2.75, 3.05) is 13.1 Å². The van der Waals surface area contributed by atoms with Crippen LogP contribution in [-0.2, 0) is 19.2 Å². The van der Waals surface area contributed by atoms with Gasteiger partial charge < -0.3 is 26.4 Å². The number of amides is 1. The number of unbranched alkanes of at least 4 members (excludes halogenated alkanes) is 4. The quantitative estimate of drug-likeness (QED) is 0.272. The Labute approximate surface area is 234 Å². The zero-order chi connectivity index (χ0) is 20.7. The summed E-state index contributed by atoms with van der Waals surface area (Å²) >= 11 is 0. The molecule has 0 heterocycles. The number of rotatable bonds is 8. The number of carboxylic acids is 3. The molecule has 0 spiro atoms. The fraction of sp³-hybridized carbons (Fsp3) is 0.750. The maximum atomic E-state index is 11.1. The first-order chi connectivity index (χ1) is 11.5. The fourth-order valence-corrected chi connectivity index (χ4v) is 1.19. The first-order valence-electron chi connectivity index (χ1n) is 8.06. The van der Waals surface area contributed by atoms with E-state index in [0.29, 0.717) is 19.5 Å². The second-order valence-corrected chi connectivity index (χ2v) is 4.86. The van der Waals surface area contributed by atoms with E-state index in [1.165, 1.54) is 25.7 Å². The molecular weight excluding hydrogens is 401 g/mol. The summed E-state index contributed by atoms with van der Waals surface area (Å²) in [5.41, 5.74) is 5.26. The van der Waals surface area contributed by atoms with Crippen LogP contribution in [0.5, 0.6) is 0 Å². The number of nitrogens with two attached hydrogens (primary N) is 1. The van der Waals surface area contributed by atoms with E-state index in [0.717, 1.165) is 27.2 Å². The van der Waals surface area contributed by atoms with Gasteiger partial charge in [0.2, 0.25) is 5.91 Å². The van der Waals surface area contributed by atoms with Gasteiger partial charge in [0.05, 0.1) is 0 Å². The number of hydrogen-bond acceptors (Lipinski definition) is 5. The van der Waals surface area contributed by atoms with E-state index in [2.05, 4.69) is 12.2 Å². The summed E-state index contributed by atoms with van der Waals surface area (Å²) in [6.07, 6.45) is 6.62. The molecule has 1 amide bonds. The van der Waals surface area contributed by atoms with Crippen molar-refractivity contribution in [3.05, 3.63) is 0 Å². The monoisotopic (exact) mass is 435 g/mol. The van der Waals surface area contributed by atoms with Crippen molar-refractivity contribution in [2.24, 2.45) is 5.73 Å². The molecular formula is C16H34N2Na3O7. The van der Waals surface area contributed by atoms with Crippen molar-refractivity contribution in [1.82, 2.24) is 5.32 Å². The van der Waals surface area contributed by atoms with E-state index in [9.17, 15) is 4.79 Å². The minimum absolute atomic E-state index is 0. The Bertz CT molecular complexity index is 321. The van der Waals surface area contributed by atoms with E-state index < -0.39 is 17.9 Å². The Morgan fingerprint density at radius 1 is 0.750 bits per heavy atom. The number of carboxylic acid groups (broad SMARTS) is 3. The molecule has 0 atom stereocenters. The first-order valence-corrected chi connectivity index (χ1v) is 8.06. The number of carbonyl (C=O) groups is 4. The van der Waals surface area contributed by atoms with E-state index >= 15 is 0 Å². The zero-order valence-electron chi connectivity index (χ0n) is 18.7. The smallest absolute Gasteiger partial charge is 0.300 e. The molecule has 0 aromatic rings. The van der Waals surface area contributed by atoms with Crippen molar-refractivity contribution < 1.29 is 34.5 Å². The van der Waals surface area contributed by atoms with Crippen LogP contribution in [0.15, 0.2) is 0 Å². The van der Waals surface area contributed by atoms with Crippen molar-refractivity contribution in [3.8, 4) is 0 Å². The molecule has 0 aliphatic rings. The molecule has 153 valence electrons. The summed E-state index contributed by atoms with van der Waals surface area (Å²) in [6.45, 7) is 6.57. The molecule has 0 saturated heterocycles. The van der Waals surface area contributed by atoms with Crippen LogP contribution in [0.4, 0.5) is 0 Å². The minimum Gasteiger partial charge on any atom is -0.481 e. The summed E-state index contributed by atoms with van der Waals surface area (Å²) in [7, 11) is 0. The third kappa shape index (κ3) is 128. The van der Waals surface area contributed by atoms with Gasteiger partial charge in [-0.25, -0.2) is 0 Å². The number of nitrogens with one attached hydrogen (secondary N) is 1. The molecule has 3 radical (unpaired) electrons. The molecule has 0 saturated carbocycles. The van der Waals surface area contributed by atoms with E-state index in [-0.39, 0.29) is 94.6 Å². The number of carbonyl (C=O) groups excluding carboxylic acids is 1. The Balaban J connectivity index is -0.0000000493. The Morgan fingerprint density at radius 2 is 1.07 bits per heavy atom. The zero-order valence-corrected chi connectivity index (χ0v) is 24.7. The molecule has 0 aliphatic heterocycles. The van der Waals surface area contributed by atoms with Crippen LogP contribution < -0.4 is 11.1 Å². The maximum Gasteiger partial charge on any atom is 0.300 e. The van der Waals surface area contributed by atoms with Gasteiger partial charge in [0.1, 0.15) is 0 Å². The minimum atomic E-state index is -0.833. The van der Waals surface area contributed by atoms with Crippen LogP contribution in [0.25, 0.3) is 0 Å². The fourth-order valence-electron chi connectivity index (χ4n) is 1.19. The molecule has 28 heavy (non-hydrogen) atoms. The van der Waals surface area contributed by atoms with Gasteiger partial charge in [0.25, 0.3) is 17.9 Å². The largest absolute Gasteiger partial charge is 0.481 e. The average molecular weight is 435 g/mol. The molecule has 6 N–H and O–H groups in total. The number of aliphatic carboxylic acids is 3. The molecule has 0 aromatic heterocycles. The molecule has 0 unspecified atom stereocenters. The van der Waals surface area contributed by atoms with Gasteiger partial charge in [0, 0.05) is 129 Å². The van der Waals surface area contributed by atoms with Crippen molar-refractivity contribution in [2.45, 2.75) is 66.2 Å². The third-order valence-electron chi connectivity index (χ3n) is 1.97. The summed E-state index contributed by atoms with van der Waals surface area (Å²) in [6, 6.07) is 0. The van der Waals surface area contributed by atoms with E-state index in [4.69, 9.17) is 35.4 Å². The summed E-state index contributed by atoms with van der Waals surface area (Å²) in [5.74, 6) is -2.36. The van der Waals surface area contributed by atoms with E-state index in [1.807, 2.05) is 0 Å². The van der Waals surface area contributed by atoms with Crippen LogP contribution in [0, 0.1) is 0 Å². The Kier molecular flexibility index (Phi) is 70.4. The second kappa shape index (κ2) is 42.0. The maximum absolute atomic E-state index is 11.1. The van der Waals surface area contributed by atoms with Gasteiger partial charge in [0.15, 0.2) is 0 Å². The van der Waals surface area contributed by atoms with E-state index in [1.54, 1.807) is 0 Å². The second-order valence-electron chi connectivity index (χ2n) is 4.86. The first kappa shape index (κ1) is 46.9. The van der Waals surface area contributed by atoms with Gasteiger partial charge in [-0.3, -0.25) is 19.2 Å². The molecule has 0 aromatic carbocycles. The normalized spacial score (nSPS) is 7.32. The SMILES string of the molecule is CC(=O)O.CC(=O)O.CC(=O)O.CCCCCCCC(=O)NCCN.[Na].[Na].[Na]. The van der Waals surface area contributed by atoms with Gasteiger partial charge in [-0.05, 0) is 6.42 Å². The van der Waals surface area contributed by atoms with Crippen LogP contribution in [0.1, 0.15) is 66.2 Å². The van der Waals surface area contributed by atoms with Crippen molar-refractivity contribution in [3.63, 3.8) is 0 Å². The molecule has 0 fully saturated rings. The summed E-state index contributed by atoms with van der Waals surface area (Å²) in [5, 5.41) is 25.0. The Hall–Kier alpha value is 0.840. The van der Waals surface area contributed by atoms with Gasteiger partial charge in [-0.2, -0.15) is 0 Å². The van der Waals surface area contributed by atoms with Gasteiger partial charge >= 0.3 is 0 Å². The van der Waals surface area contributed by atoms with Crippen LogP contribution in [0.2, 0.25) is 0 Å². The summed E-state index contributed by atoms with van der Waals surface area (Å²) in [4.78, 5) is 38.1. The topological polar surface area (TPSA) is 167 Å².